The van der Waals surface area contributed by atoms with Gasteiger partial charge in [0.2, 0.25) is 0 Å². The Morgan fingerprint density at radius 1 is 1.71 bits per heavy atom. The van der Waals surface area contributed by atoms with Crippen LogP contribution in [0.3, 0.4) is 0 Å². The molecule has 0 spiro atoms. The topological polar surface area (TPSA) is 26.3 Å². The predicted molar refractivity (Wildman–Crippen MR) is 24.8 cm³/mol. The number of rotatable bonds is 0. The van der Waals surface area contributed by atoms with E-state index in [0.29, 0.717) is 0 Å². The molecule has 1 fully saturated rings. The molecule has 0 N–H and O–H groups in total. The van der Waals surface area contributed by atoms with E-state index in [1.54, 1.807) is 0 Å². The van der Waals surface area contributed by atoms with Crippen LogP contribution in [-0.2, 0) is 9.53 Å². The second-order valence-electron chi connectivity index (χ2n) is 1.19. The summed E-state index contributed by atoms with van der Waals surface area (Å²) in [7, 11) is 0. The van der Waals surface area contributed by atoms with Crippen LogP contribution in [0.2, 0.25) is 0 Å². The van der Waals surface area contributed by atoms with Crippen LogP contribution in [0.4, 0.5) is 0 Å². The van der Waals surface area contributed by atoms with Crippen molar-refractivity contribution in [1.29, 1.82) is 0 Å². The van der Waals surface area contributed by atoms with Gasteiger partial charge in [-0.2, -0.15) is 0 Å². The first-order chi connectivity index (χ1) is 4.85. The zero-order valence-corrected chi connectivity index (χ0v) is 3.73. The van der Waals surface area contributed by atoms with Gasteiger partial charge in [0.05, 0.1) is 6.61 Å². The lowest BCUT2D eigenvalue weighted by molar-refractivity contribution is -0.146. The third-order valence-corrected chi connectivity index (χ3v) is 0.663. The molecule has 1 saturated heterocycles. The number of hydrogen-bond donors (Lipinski definition) is 0. The Morgan fingerprint density at radius 2 is 2.57 bits per heavy atom. The summed E-state index contributed by atoms with van der Waals surface area (Å²) < 4.78 is 32.9. The molecule has 7 heavy (non-hydrogen) atoms. The Bertz CT molecular complexity index is 189. The minimum absolute atomic E-state index is 0.487. The molecule has 0 amide bonds. The van der Waals surface area contributed by atoms with Gasteiger partial charge >= 0.3 is 5.97 Å². The van der Waals surface area contributed by atoms with Crippen molar-refractivity contribution >= 4 is 5.97 Å². The van der Waals surface area contributed by atoms with Crippen LogP contribution in [0.5, 0.6) is 0 Å². The molecular formula is C5H8O2. The van der Waals surface area contributed by atoms with Gasteiger partial charge in [0.15, 0.2) is 0 Å². The Kier molecular flexibility index (Phi) is 0.494. The highest BCUT2D eigenvalue weighted by Crippen LogP contribution is 2.04. The summed E-state index contributed by atoms with van der Waals surface area (Å²) in [5.41, 5.74) is 0. The third-order valence-electron chi connectivity index (χ3n) is 0.663. The third kappa shape index (κ3) is 1.18. The molecule has 1 aliphatic rings. The zero-order chi connectivity index (χ0) is 8.70. The van der Waals surface area contributed by atoms with E-state index >= 15 is 0 Å². The largest absolute Gasteiger partial charge is 0.466 e. The van der Waals surface area contributed by atoms with Crippen molar-refractivity contribution in [3.05, 3.63) is 0 Å². The first-order valence-corrected chi connectivity index (χ1v) is 2.01. The quantitative estimate of drug-likeness (QED) is 0.423. The molecule has 2 heteroatoms. The van der Waals surface area contributed by atoms with Gasteiger partial charge in [0, 0.05) is 11.9 Å². The summed E-state index contributed by atoms with van der Waals surface area (Å²) in [6.45, 7) is -0.487. The Labute approximate surface area is 48.1 Å². The molecule has 0 bridgehead atoms. The van der Waals surface area contributed by atoms with Crippen LogP contribution in [-0.4, -0.2) is 12.6 Å². The van der Waals surface area contributed by atoms with Crippen LogP contribution < -0.4 is 0 Å². The molecule has 0 aromatic carbocycles. The predicted octanol–water partition coefficient (Wildman–Crippen LogP) is 0.714. The van der Waals surface area contributed by atoms with Crippen molar-refractivity contribution in [3.63, 3.8) is 0 Å². The molecule has 0 aromatic rings. The minimum Gasteiger partial charge on any atom is -0.466 e. The first kappa shape index (κ1) is 1.77. The molecule has 0 atom stereocenters. The van der Waals surface area contributed by atoms with E-state index in [9.17, 15) is 4.79 Å². The number of hydrogen-bond acceptors (Lipinski definition) is 2. The van der Waals surface area contributed by atoms with Crippen molar-refractivity contribution in [3.8, 4) is 0 Å². The lowest BCUT2D eigenvalue weighted by Gasteiger charge is -2.08. The van der Waals surface area contributed by atoms with Crippen LogP contribution in [0.1, 0.15) is 24.6 Å². The van der Waals surface area contributed by atoms with E-state index in [1.807, 2.05) is 0 Å². The summed E-state index contributed by atoms with van der Waals surface area (Å²) >= 11 is 0. The Balaban J connectivity index is 2.80. The van der Waals surface area contributed by atoms with Gasteiger partial charge in [-0.1, -0.05) is 0 Å². The van der Waals surface area contributed by atoms with Gasteiger partial charge in [-0.05, 0) is 12.7 Å². The van der Waals surface area contributed by atoms with Crippen molar-refractivity contribution < 1.29 is 15.0 Å². The maximum Gasteiger partial charge on any atom is 0.305 e. The highest BCUT2D eigenvalue weighted by molar-refractivity contribution is 5.69. The van der Waals surface area contributed by atoms with E-state index in [-0.39, 0.29) is 0 Å². The molecular weight excluding hydrogens is 92.1 g/mol. The number of carbonyl (C=O) groups excluding carboxylic acids is 1. The lowest BCUT2D eigenvalue weighted by Crippen LogP contribution is -2.10. The molecule has 2 nitrogen and oxygen atoms in total. The molecule has 0 saturated carbocycles. The van der Waals surface area contributed by atoms with Gasteiger partial charge in [-0.25, -0.2) is 0 Å². The monoisotopic (exact) mass is 104 g/mol. The molecule has 0 aliphatic carbocycles. The summed E-state index contributed by atoms with van der Waals surface area (Å²) in [6.07, 6.45) is -4.65. The average Bonchev–Trinajstić information content (AvgIpc) is 1.80. The fourth-order valence-electron chi connectivity index (χ4n) is 0.353. The van der Waals surface area contributed by atoms with Crippen molar-refractivity contribution in [2.24, 2.45) is 0 Å². The highest BCUT2D eigenvalue weighted by atomic mass is 16.5. The van der Waals surface area contributed by atoms with Crippen LogP contribution >= 0.6 is 0 Å². The summed E-state index contributed by atoms with van der Waals surface area (Å²) in [4.78, 5) is 10.5. The van der Waals surface area contributed by atoms with Gasteiger partial charge in [0.25, 0.3) is 0 Å². The number of ether oxygens (including phenoxy) is 1. The second kappa shape index (κ2) is 1.96. The molecule has 0 radical (unpaired) electrons. The molecule has 1 rings (SSSR count). The Hall–Kier alpha value is -0.530. The SMILES string of the molecule is [2H]C1([2H])COC(=O)CC1([2H])[2H]. The number of carbonyl (C=O) groups is 1. The van der Waals surface area contributed by atoms with E-state index in [2.05, 4.69) is 4.74 Å². The fourth-order valence-corrected chi connectivity index (χ4v) is 0.353. The summed E-state index contributed by atoms with van der Waals surface area (Å²) in [5.74, 6) is -0.676. The summed E-state index contributed by atoms with van der Waals surface area (Å²) in [5, 5.41) is 0. The highest BCUT2D eigenvalue weighted by Gasteiger charge is 2.06. The maximum absolute atomic E-state index is 10.5. The van der Waals surface area contributed by atoms with E-state index in [1.165, 1.54) is 0 Å². The van der Waals surface area contributed by atoms with Gasteiger partial charge in [-0.3, -0.25) is 4.79 Å². The minimum atomic E-state index is -2.09. The lowest BCUT2D eigenvalue weighted by atomic mass is 10.2. The molecule has 0 unspecified atom stereocenters. The first-order valence-electron chi connectivity index (χ1n) is 4.01. The molecule has 40 valence electrons. The maximum atomic E-state index is 10.5. The standard InChI is InChI=1S/C5H8O2/c6-5-3-1-2-4-7-5/h1-4H2/i1D2,2D2. The van der Waals surface area contributed by atoms with Crippen LogP contribution in [0.25, 0.3) is 0 Å². The summed E-state index contributed by atoms with van der Waals surface area (Å²) in [6, 6.07) is 0. The molecule has 0 aromatic heterocycles. The Morgan fingerprint density at radius 3 is 3.14 bits per heavy atom. The fraction of sp³-hybridized carbons (Fsp3) is 0.800. The average molecular weight is 104 g/mol. The van der Waals surface area contributed by atoms with Crippen LogP contribution in [0.15, 0.2) is 0 Å². The van der Waals surface area contributed by atoms with E-state index < -0.39 is 31.7 Å². The molecule has 1 heterocycles. The smallest absolute Gasteiger partial charge is 0.305 e. The van der Waals surface area contributed by atoms with E-state index in [4.69, 9.17) is 5.48 Å². The van der Waals surface area contributed by atoms with Gasteiger partial charge in [0.1, 0.15) is 0 Å². The molecule has 1 aliphatic heterocycles. The van der Waals surface area contributed by atoms with E-state index in [0.717, 1.165) is 0 Å². The van der Waals surface area contributed by atoms with Gasteiger partial charge < -0.3 is 4.74 Å². The van der Waals surface area contributed by atoms with Gasteiger partial charge in [-0.15, -0.1) is 0 Å². The number of esters is 1. The van der Waals surface area contributed by atoms with Crippen LogP contribution in [0, 0.1) is 0 Å². The zero-order valence-electron chi connectivity index (χ0n) is 7.73. The normalized spacial score (nSPS) is 44.3. The van der Waals surface area contributed by atoms with Crippen molar-refractivity contribution in [2.45, 2.75) is 19.2 Å². The van der Waals surface area contributed by atoms with Crippen molar-refractivity contribution in [1.82, 2.24) is 0 Å². The number of cyclic esters (lactones) is 1. The second-order valence-corrected chi connectivity index (χ2v) is 1.19. The van der Waals surface area contributed by atoms with Crippen molar-refractivity contribution in [2.75, 3.05) is 6.61 Å².